The van der Waals surface area contributed by atoms with Crippen LogP contribution in [0.2, 0.25) is 0 Å². The number of rotatable bonds is 4. The summed E-state index contributed by atoms with van der Waals surface area (Å²) in [5.41, 5.74) is 0. The summed E-state index contributed by atoms with van der Waals surface area (Å²) in [4.78, 5) is 0. The number of hydrogen-bond donors (Lipinski definition) is 1. The zero-order chi connectivity index (χ0) is 10.5. The van der Waals surface area contributed by atoms with E-state index in [9.17, 15) is 0 Å². The van der Waals surface area contributed by atoms with Crippen LogP contribution in [-0.2, 0) is 4.74 Å². The largest absolute Gasteiger partial charge is 0.377 e. The minimum absolute atomic E-state index is 0.504. The average molecular weight is 211 g/mol. The Labute approximate surface area is 93.8 Å². The van der Waals surface area contributed by atoms with Gasteiger partial charge in [0.05, 0.1) is 6.10 Å². The molecule has 0 radical (unpaired) electrons. The van der Waals surface area contributed by atoms with Gasteiger partial charge in [-0.25, -0.2) is 0 Å². The second-order valence-electron chi connectivity index (χ2n) is 5.10. The maximum Gasteiger partial charge on any atom is 0.0700 e. The Morgan fingerprint density at radius 3 is 2.73 bits per heavy atom. The Morgan fingerprint density at radius 1 is 1.13 bits per heavy atom. The van der Waals surface area contributed by atoms with E-state index in [1.807, 2.05) is 0 Å². The van der Waals surface area contributed by atoms with Gasteiger partial charge in [-0.3, -0.25) is 0 Å². The van der Waals surface area contributed by atoms with Gasteiger partial charge in [0.1, 0.15) is 0 Å². The molecule has 1 saturated carbocycles. The molecule has 0 bridgehead atoms. The molecular formula is C13H25NO. The van der Waals surface area contributed by atoms with Crippen molar-refractivity contribution in [2.24, 2.45) is 5.92 Å². The van der Waals surface area contributed by atoms with Gasteiger partial charge >= 0.3 is 0 Å². The molecule has 2 fully saturated rings. The van der Waals surface area contributed by atoms with E-state index in [0.29, 0.717) is 6.10 Å². The van der Waals surface area contributed by atoms with Crippen LogP contribution in [0.4, 0.5) is 0 Å². The van der Waals surface area contributed by atoms with Crippen molar-refractivity contribution >= 4 is 0 Å². The minimum Gasteiger partial charge on any atom is -0.377 e. The monoisotopic (exact) mass is 211 g/mol. The molecule has 1 aliphatic heterocycles. The van der Waals surface area contributed by atoms with E-state index in [1.54, 1.807) is 0 Å². The molecule has 1 aliphatic carbocycles. The standard InChI is InChI=1S/C13H25NO/c1-2-11-6-3-4-8-13(11)14-10-12-7-5-9-15-12/h11-14H,2-10H2,1H3/t11-,12+,13+/m1/s1. The third-order valence-corrected chi connectivity index (χ3v) is 4.07. The fraction of sp³-hybridized carbons (Fsp3) is 1.00. The smallest absolute Gasteiger partial charge is 0.0700 e. The molecule has 88 valence electrons. The van der Waals surface area contributed by atoms with Crippen LogP contribution < -0.4 is 5.32 Å². The Morgan fingerprint density at radius 2 is 2.00 bits per heavy atom. The first kappa shape index (κ1) is 11.4. The van der Waals surface area contributed by atoms with E-state index >= 15 is 0 Å². The van der Waals surface area contributed by atoms with Crippen molar-refractivity contribution in [1.82, 2.24) is 5.32 Å². The lowest BCUT2D eigenvalue weighted by Crippen LogP contribution is -2.41. The van der Waals surface area contributed by atoms with Gasteiger partial charge in [-0.1, -0.05) is 26.2 Å². The van der Waals surface area contributed by atoms with Gasteiger partial charge < -0.3 is 10.1 Å². The molecule has 0 aromatic rings. The van der Waals surface area contributed by atoms with E-state index in [4.69, 9.17) is 4.74 Å². The quantitative estimate of drug-likeness (QED) is 0.772. The molecule has 1 saturated heterocycles. The molecule has 0 aromatic carbocycles. The molecule has 15 heavy (non-hydrogen) atoms. The van der Waals surface area contributed by atoms with Crippen LogP contribution in [0.15, 0.2) is 0 Å². The lowest BCUT2D eigenvalue weighted by Gasteiger charge is -2.32. The first-order valence-electron chi connectivity index (χ1n) is 6.75. The highest BCUT2D eigenvalue weighted by Gasteiger charge is 2.24. The van der Waals surface area contributed by atoms with Gasteiger partial charge in [-0.05, 0) is 31.6 Å². The SMILES string of the molecule is CC[C@@H]1CCCC[C@@H]1NC[C@@H]1CCCO1. The maximum absolute atomic E-state index is 5.65. The molecular weight excluding hydrogens is 186 g/mol. The first-order chi connectivity index (χ1) is 7.40. The van der Waals surface area contributed by atoms with Crippen LogP contribution in [0.3, 0.4) is 0 Å². The van der Waals surface area contributed by atoms with Crippen molar-refractivity contribution in [3.8, 4) is 0 Å². The second-order valence-corrected chi connectivity index (χ2v) is 5.10. The third kappa shape index (κ3) is 3.18. The lowest BCUT2D eigenvalue weighted by atomic mass is 9.83. The minimum atomic E-state index is 0.504. The first-order valence-corrected chi connectivity index (χ1v) is 6.75. The van der Waals surface area contributed by atoms with E-state index < -0.39 is 0 Å². The molecule has 0 spiro atoms. The Hall–Kier alpha value is -0.0800. The maximum atomic E-state index is 5.65. The highest BCUT2D eigenvalue weighted by Crippen LogP contribution is 2.27. The Bertz CT molecular complexity index is 177. The second kappa shape index (κ2) is 5.86. The fourth-order valence-corrected chi connectivity index (χ4v) is 3.05. The Kier molecular flexibility index (Phi) is 4.45. The molecule has 2 nitrogen and oxygen atoms in total. The van der Waals surface area contributed by atoms with Crippen LogP contribution in [0, 0.1) is 5.92 Å². The molecule has 0 amide bonds. The van der Waals surface area contributed by atoms with Crippen molar-refractivity contribution < 1.29 is 4.74 Å². The fourth-order valence-electron chi connectivity index (χ4n) is 3.05. The zero-order valence-corrected chi connectivity index (χ0v) is 10.0. The molecule has 0 unspecified atom stereocenters. The molecule has 0 aromatic heterocycles. The summed E-state index contributed by atoms with van der Waals surface area (Å²) in [5.74, 6) is 0.917. The molecule has 2 heteroatoms. The van der Waals surface area contributed by atoms with Crippen molar-refractivity contribution in [2.45, 2.75) is 64.0 Å². The van der Waals surface area contributed by atoms with Gasteiger partial charge in [0.15, 0.2) is 0 Å². The molecule has 1 N–H and O–H groups in total. The summed E-state index contributed by atoms with van der Waals surface area (Å²) in [6.07, 6.45) is 10.0. The van der Waals surface area contributed by atoms with Crippen molar-refractivity contribution in [3.63, 3.8) is 0 Å². The van der Waals surface area contributed by atoms with E-state index in [2.05, 4.69) is 12.2 Å². The van der Waals surface area contributed by atoms with Gasteiger partial charge in [0, 0.05) is 19.2 Å². The molecule has 1 heterocycles. The van der Waals surface area contributed by atoms with Crippen molar-refractivity contribution in [3.05, 3.63) is 0 Å². The van der Waals surface area contributed by atoms with Gasteiger partial charge in [0.25, 0.3) is 0 Å². The predicted octanol–water partition coefficient (Wildman–Crippen LogP) is 2.72. The van der Waals surface area contributed by atoms with E-state index in [1.165, 1.54) is 44.9 Å². The summed E-state index contributed by atoms with van der Waals surface area (Å²) in [5, 5.41) is 3.74. The predicted molar refractivity (Wildman–Crippen MR) is 63.0 cm³/mol. The highest BCUT2D eigenvalue weighted by molar-refractivity contribution is 4.81. The van der Waals surface area contributed by atoms with Crippen molar-refractivity contribution in [1.29, 1.82) is 0 Å². The van der Waals surface area contributed by atoms with Gasteiger partial charge in [0.2, 0.25) is 0 Å². The van der Waals surface area contributed by atoms with Crippen LogP contribution in [0.25, 0.3) is 0 Å². The van der Waals surface area contributed by atoms with Gasteiger partial charge in [-0.2, -0.15) is 0 Å². The summed E-state index contributed by atoms with van der Waals surface area (Å²) in [6.45, 7) is 4.39. The average Bonchev–Trinajstić information content (AvgIpc) is 2.79. The van der Waals surface area contributed by atoms with E-state index in [-0.39, 0.29) is 0 Å². The van der Waals surface area contributed by atoms with Crippen LogP contribution >= 0.6 is 0 Å². The topological polar surface area (TPSA) is 21.3 Å². The summed E-state index contributed by atoms with van der Waals surface area (Å²) >= 11 is 0. The molecule has 2 aliphatic rings. The summed E-state index contributed by atoms with van der Waals surface area (Å²) < 4.78 is 5.65. The normalized spacial score (nSPS) is 37.0. The van der Waals surface area contributed by atoms with Gasteiger partial charge in [-0.15, -0.1) is 0 Å². The molecule has 3 atom stereocenters. The van der Waals surface area contributed by atoms with Crippen LogP contribution in [0.5, 0.6) is 0 Å². The number of nitrogens with one attached hydrogen (secondary N) is 1. The highest BCUT2D eigenvalue weighted by atomic mass is 16.5. The zero-order valence-electron chi connectivity index (χ0n) is 10.0. The molecule has 2 rings (SSSR count). The van der Waals surface area contributed by atoms with Crippen LogP contribution in [-0.4, -0.2) is 25.3 Å². The third-order valence-electron chi connectivity index (χ3n) is 4.07. The summed E-state index contributed by atoms with van der Waals surface area (Å²) in [7, 11) is 0. The van der Waals surface area contributed by atoms with Crippen molar-refractivity contribution in [2.75, 3.05) is 13.2 Å². The number of ether oxygens (including phenoxy) is 1. The lowest BCUT2D eigenvalue weighted by molar-refractivity contribution is 0.101. The number of hydrogen-bond acceptors (Lipinski definition) is 2. The van der Waals surface area contributed by atoms with E-state index in [0.717, 1.165) is 25.1 Å². The van der Waals surface area contributed by atoms with Crippen LogP contribution in [0.1, 0.15) is 51.9 Å². The Balaban J connectivity index is 1.71. The summed E-state index contributed by atoms with van der Waals surface area (Å²) in [6, 6.07) is 0.771.